The fraction of sp³-hybridized carbons (Fsp3) is 0.697. The van der Waals surface area contributed by atoms with Gasteiger partial charge in [0.15, 0.2) is 0 Å². The summed E-state index contributed by atoms with van der Waals surface area (Å²) in [7, 11) is 2.79. The van der Waals surface area contributed by atoms with Crippen LogP contribution in [-0.2, 0) is 23.9 Å². The molecule has 4 N–H and O–H groups in total. The zero-order valence-corrected chi connectivity index (χ0v) is 28.5. The van der Waals surface area contributed by atoms with Gasteiger partial charge in [0, 0.05) is 26.7 Å². The number of rotatable bonds is 14. The second kappa shape index (κ2) is 14.3. The van der Waals surface area contributed by atoms with E-state index in [1.807, 2.05) is 20.8 Å². The average molecular weight is 645 g/mol. The minimum Gasteiger partial charge on any atom is -0.453 e. The normalized spacial score (nSPS) is 23.0. The largest absolute Gasteiger partial charge is 0.453 e. The van der Waals surface area contributed by atoms with Gasteiger partial charge >= 0.3 is 12.1 Å². The van der Waals surface area contributed by atoms with E-state index in [4.69, 9.17) is 4.74 Å². The zero-order chi connectivity index (χ0) is 34.7. The van der Waals surface area contributed by atoms with Gasteiger partial charge in [0.2, 0.25) is 17.6 Å². The van der Waals surface area contributed by atoms with E-state index in [0.29, 0.717) is 18.5 Å². The third-order valence-corrected chi connectivity index (χ3v) is 9.52. The molecule has 0 aromatic carbocycles. The van der Waals surface area contributed by atoms with Gasteiger partial charge in [0.05, 0.1) is 19.2 Å². The Morgan fingerprint density at radius 3 is 2.22 bits per heavy atom. The Balaban J connectivity index is 1.80. The van der Waals surface area contributed by atoms with Crippen molar-refractivity contribution in [1.29, 1.82) is 0 Å². The molecular formula is C33H52N6O7. The number of hydrogen-bond acceptors (Lipinski definition) is 7. The molecule has 0 aromatic heterocycles. The van der Waals surface area contributed by atoms with Crippen LogP contribution in [0.5, 0.6) is 0 Å². The monoisotopic (exact) mass is 644 g/mol. The lowest BCUT2D eigenvalue weighted by Gasteiger charge is -2.38. The Kier molecular flexibility index (Phi) is 11.3. The van der Waals surface area contributed by atoms with Gasteiger partial charge < -0.3 is 35.8 Å². The second-order valence-electron chi connectivity index (χ2n) is 14.7. The maximum absolute atomic E-state index is 14.3. The van der Waals surface area contributed by atoms with E-state index in [-0.39, 0.29) is 36.3 Å². The molecule has 13 heteroatoms. The van der Waals surface area contributed by atoms with Crippen LogP contribution in [0.1, 0.15) is 60.8 Å². The molecule has 1 aliphatic heterocycles. The number of Topliss-reactive ketones (excluding diaryl/α,β-unsaturated/α-hetero) is 1. The number of methoxy groups -OCH3 is 1. The number of nitrogens with one attached hydrogen (secondary N) is 4. The van der Waals surface area contributed by atoms with Gasteiger partial charge in [-0.3, -0.25) is 19.2 Å². The highest BCUT2D eigenvalue weighted by molar-refractivity contribution is 6.38. The van der Waals surface area contributed by atoms with Crippen LogP contribution >= 0.6 is 0 Å². The highest BCUT2D eigenvalue weighted by atomic mass is 16.5. The van der Waals surface area contributed by atoms with Gasteiger partial charge in [-0.15, -0.1) is 6.58 Å². The number of likely N-dealkylation sites (N-methyl/N-ethyl adjacent to an activating group) is 1. The summed E-state index contributed by atoms with van der Waals surface area (Å²) in [5, 5.41) is 10.9. The van der Waals surface area contributed by atoms with Gasteiger partial charge in [-0.25, -0.2) is 9.59 Å². The summed E-state index contributed by atoms with van der Waals surface area (Å²) < 4.78 is 4.74. The Morgan fingerprint density at radius 2 is 1.70 bits per heavy atom. The fourth-order valence-corrected chi connectivity index (χ4v) is 6.37. The molecular weight excluding hydrogens is 592 g/mol. The molecule has 0 bridgehead atoms. The quantitative estimate of drug-likeness (QED) is 0.166. The van der Waals surface area contributed by atoms with E-state index in [9.17, 15) is 28.8 Å². The first kappa shape index (κ1) is 36.6. The van der Waals surface area contributed by atoms with Crippen LogP contribution in [0, 0.1) is 28.6 Å². The molecule has 1 unspecified atom stereocenters. The molecule has 3 aliphatic rings. The number of piperidine rings is 1. The number of likely N-dealkylation sites (tertiary alicyclic amines) is 1. The van der Waals surface area contributed by atoms with Crippen molar-refractivity contribution in [2.75, 3.05) is 33.8 Å². The summed E-state index contributed by atoms with van der Waals surface area (Å²) in [4.78, 5) is 81.9. The molecule has 6 atom stereocenters. The molecule has 3 rings (SSSR count). The van der Waals surface area contributed by atoms with Gasteiger partial charge in [-0.05, 0) is 41.9 Å². The molecule has 256 valence electrons. The van der Waals surface area contributed by atoms with Crippen LogP contribution in [-0.4, -0.2) is 103 Å². The third-order valence-electron chi connectivity index (χ3n) is 9.52. The molecule has 2 aliphatic carbocycles. The van der Waals surface area contributed by atoms with Crippen LogP contribution in [0.4, 0.5) is 9.59 Å². The zero-order valence-electron chi connectivity index (χ0n) is 28.5. The molecule has 2 saturated carbocycles. The smallest absolute Gasteiger partial charge is 0.409 e. The minimum atomic E-state index is -1.01. The standard InChI is InChI=1S/C33H52N6O7/c1-11-14-34-28(42)25(40)21(15-19-12-13-19)35-27(41)24-23-20(33(23,7)8)16-39(24)29(43)26(32(4,5)6)37-30(44)36-22(18(2)3)17-38(9)31(45)46-10/h11,19-24,26H,1-2,12-17H2,3-10H3,(H,34,42)(H,35,41)(H2,36,37,44)/t20-,21?,22+,23-,24-,26+/m0/s1. The first-order valence-corrected chi connectivity index (χ1v) is 15.9. The molecule has 0 aromatic rings. The Labute approximate surface area is 272 Å². The van der Waals surface area contributed by atoms with Gasteiger partial charge in [-0.1, -0.05) is 65.7 Å². The van der Waals surface area contributed by atoms with Crippen molar-refractivity contribution in [3.8, 4) is 0 Å². The third kappa shape index (κ3) is 8.47. The summed E-state index contributed by atoms with van der Waals surface area (Å²) in [6.07, 6.45) is 3.09. The Hall–Kier alpha value is -3.90. The van der Waals surface area contributed by atoms with Crippen LogP contribution in [0.2, 0.25) is 0 Å². The molecule has 13 nitrogen and oxygen atoms in total. The van der Waals surface area contributed by atoms with Crippen molar-refractivity contribution < 1.29 is 33.5 Å². The molecule has 0 spiro atoms. The SMILES string of the molecule is C=CCNC(=O)C(=O)C(CC1CC1)NC(=O)[C@@H]1[C@@H]2[C@H](CN1C(=O)[C@@H](NC(=O)N[C@H](CN(C)C(=O)OC)C(=C)C)C(C)(C)C)C2(C)C. The highest BCUT2D eigenvalue weighted by Crippen LogP contribution is 2.65. The number of carbonyl (C=O) groups excluding carboxylic acids is 6. The molecule has 6 amide bonds. The summed E-state index contributed by atoms with van der Waals surface area (Å²) in [5.41, 5.74) is -0.345. The van der Waals surface area contributed by atoms with Crippen LogP contribution in [0.15, 0.2) is 24.8 Å². The Bertz CT molecular complexity index is 1250. The lowest BCUT2D eigenvalue weighted by Crippen LogP contribution is -2.62. The number of hydrogen-bond donors (Lipinski definition) is 4. The van der Waals surface area contributed by atoms with Crippen LogP contribution in [0.3, 0.4) is 0 Å². The average Bonchev–Trinajstić information content (AvgIpc) is 3.83. The van der Waals surface area contributed by atoms with E-state index in [1.165, 1.54) is 30.0 Å². The highest BCUT2D eigenvalue weighted by Gasteiger charge is 2.70. The molecule has 0 radical (unpaired) electrons. The summed E-state index contributed by atoms with van der Waals surface area (Å²) in [5.74, 6) is -2.23. The predicted octanol–water partition coefficient (Wildman–Crippen LogP) is 1.98. The molecule has 46 heavy (non-hydrogen) atoms. The second-order valence-corrected chi connectivity index (χ2v) is 14.7. The van der Waals surface area contributed by atoms with Crippen LogP contribution < -0.4 is 21.3 Å². The molecule has 1 saturated heterocycles. The van der Waals surface area contributed by atoms with Crippen molar-refractivity contribution in [3.05, 3.63) is 24.8 Å². The first-order chi connectivity index (χ1) is 21.3. The molecule has 3 fully saturated rings. The predicted molar refractivity (Wildman–Crippen MR) is 172 cm³/mol. The van der Waals surface area contributed by atoms with E-state index < -0.39 is 65.2 Å². The van der Waals surface area contributed by atoms with Crippen molar-refractivity contribution in [2.24, 2.45) is 28.6 Å². The summed E-state index contributed by atoms with van der Waals surface area (Å²) in [6.45, 7) is 19.3. The fourth-order valence-electron chi connectivity index (χ4n) is 6.37. The van der Waals surface area contributed by atoms with E-state index >= 15 is 0 Å². The van der Waals surface area contributed by atoms with Gasteiger partial charge in [0.25, 0.3) is 5.91 Å². The number of carbonyl (C=O) groups is 6. The topological polar surface area (TPSA) is 166 Å². The number of nitrogens with zero attached hydrogens (tertiary/aromatic N) is 2. The van der Waals surface area contributed by atoms with Crippen LogP contribution in [0.25, 0.3) is 0 Å². The number of urea groups is 1. The lowest BCUT2D eigenvalue weighted by atomic mass is 9.85. The lowest BCUT2D eigenvalue weighted by molar-refractivity contribution is -0.145. The number of amides is 6. The summed E-state index contributed by atoms with van der Waals surface area (Å²) in [6, 6.07) is -4.15. The van der Waals surface area contributed by atoms with Crippen molar-refractivity contribution in [3.63, 3.8) is 0 Å². The number of ether oxygens (including phenoxy) is 1. The van der Waals surface area contributed by atoms with Gasteiger partial charge in [-0.2, -0.15) is 0 Å². The van der Waals surface area contributed by atoms with Crippen molar-refractivity contribution in [2.45, 2.75) is 85.0 Å². The van der Waals surface area contributed by atoms with E-state index in [2.05, 4.69) is 48.3 Å². The number of fused-ring (bicyclic) bond motifs is 1. The van der Waals surface area contributed by atoms with Crippen molar-refractivity contribution >= 4 is 35.6 Å². The minimum absolute atomic E-state index is 0.0665. The number of ketones is 1. The maximum atomic E-state index is 14.3. The maximum Gasteiger partial charge on any atom is 0.409 e. The summed E-state index contributed by atoms with van der Waals surface area (Å²) >= 11 is 0. The van der Waals surface area contributed by atoms with Gasteiger partial charge in [0.1, 0.15) is 12.1 Å². The van der Waals surface area contributed by atoms with Crippen molar-refractivity contribution in [1.82, 2.24) is 31.1 Å². The first-order valence-electron chi connectivity index (χ1n) is 15.9. The van der Waals surface area contributed by atoms with E-state index in [1.54, 1.807) is 6.92 Å². The molecule has 1 heterocycles. The van der Waals surface area contributed by atoms with E-state index in [0.717, 1.165) is 12.8 Å². The Morgan fingerprint density at radius 1 is 1.07 bits per heavy atom.